The molecule has 0 amide bonds. The molecule has 0 fully saturated rings. The van der Waals surface area contributed by atoms with Gasteiger partial charge in [-0.3, -0.25) is 0 Å². The van der Waals surface area contributed by atoms with E-state index in [2.05, 4.69) is 31.3 Å². The van der Waals surface area contributed by atoms with Crippen molar-refractivity contribution in [2.24, 2.45) is 0 Å². The second kappa shape index (κ2) is 9.83. The first kappa shape index (κ1) is 18.1. The number of nitrogens with one attached hydrogen (secondary N) is 1. The fourth-order valence-corrected chi connectivity index (χ4v) is 2.14. The zero-order valence-corrected chi connectivity index (χ0v) is 14.7. The van der Waals surface area contributed by atoms with Gasteiger partial charge in [-0.2, -0.15) is 0 Å². The maximum atomic E-state index is 5.80. The molecule has 2 aromatic carbocycles. The van der Waals surface area contributed by atoms with Crippen LogP contribution in [0.5, 0.6) is 11.5 Å². The van der Waals surface area contributed by atoms with Gasteiger partial charge < -0.3 is 19.5 Å². The van der Waals surface area contributed by atoms with Crippen LogP contribution < -0.4 is 14.8 Å². The molecule has 0 aliphatic rings. The summed E-state index contributed by atoms with van der Waals surface area (Å²) in [5.41, 5.74) is 2.24. The molecule has 4 heteroatoms. The van der Waals surface area contributed by atoms with Crippen LogP contribution in [-0.4, -0.2) is 26.4 Å². The summed E-state index contributed by atoms with van der Waals surface area (Å²) >= 11 is 0. The standard InChI is InChI=1S/C20H27NO3/c1-4-16(2)24-19-10-8-17(9-11-19)15-21-18-6-5-7-20(14-18)23-13-12-22-3/h5-11,14,16,21H,4,12-13,15H2,1-3H3. The molecular weight excluding hydrogens is 302 g/mol. The molecule has 1 N–H and O–H groups in total. The lowest BCUT2D eigenvalue weighted by Gasteiger charge is -2.13. The highest BCUT2D eigenvalue weighted by molar-refractivity contribution is 5.48. The predicted octanol–water partition coefficient (Wildman–Crippen LogP) is 4.50. The summed E-state index contributed by atoms with van der Waals surface area (Å²) in [5.74, 6) is 1.76. The zero-order chi connectivity index (χ0) is 17.2. The summed E-state index contributed by atoms with van der Waals surface area (Å²) in [7, 11) is 1.67. The first-order chi connectivity index (χ1) is 11.7. The van der Waals surface area contributed by atoms with Crippen molar-refractivity contribution in [3.05, 3.63) is 54.1 Å². The quantitative estimate of drug-likeness (QED) is 0.651. The molecule has 0 saturated heterocycles. The van der Waals surface area contributed by atoms with Crippen LogP contribution >= 0.6 is 0 Å². The SMILES string of the molecule is CCC(C)Oc1ccc(CNc2cccc(OCCOC)c2)cc1. The first-order valence-electron chi connectivity index (χ1n) is 8.42. The topological polar surface area (TPSA) is 39.7 Å². The van der Waals surface area contributed by atoms with Gasteiger partial charge >= 0.3 is 0 Å². The molecule has 0 radical (unpaired) electrons. The number of benzene rings is 2. The Morgan fingerprint density at radius 1 is 1.00 bits per heavy atom. The van der Waals surface area contributed by atoms with Gasteiger partial charge in [0.05, 0.1) is 12.7 Å². The monoisotopic (exact) mass is 329 g/mol. The molecule has 1 atom stereocenters. The van der Waals surface area contributed by atoms with Crippen molar-refractivity contribution in [1.29, 1.82) is 0 Å². The van der Waals surface area contributed by atoms with Crippen molar-refractivity contribution < 1.29 is 14.2 Å². The van der Waals surface area contributed by atoms with E-state index in [1.165, 1.54) is 5.56 Å². The van der Waals surface area contributed by atoms with Gasteiger partial charge in [0.1, 0.15) is 18.1 Å². The number of ether oxygens (including phenoxy) is 3. The van der Waals surface area contributed by atoms with Gasteiger partial charge in [-0.25, -0.2) is 0 Å². The third-order valence-corrected chi connectivity index (χ3v) is 3.72. The van der Waals surface area contributed by atoms with E-state index in [4.69, 9.17) is 14.2 Å². The van der Waals surface area contributed by atoms with E-state index in [0.29, 0.717) is 13.2 Å². The van der Waals surface area contributed by atoms with Crippen LogP contribution in [-0.2, 0) is 11.3 Å². The third-order valence-electron chi connectivity index (χ3n) is 3.72. The fraction of sp³-hybridized carbons (Fsp3) is 0.400. The lowest BCUT2D eigenvalue weighted by Crippen LogP contribution is -2.09. The largest absolute Gasteiger partial charge is 0.491 e. The van der Waals surface area contributed by atoms with Crippen LogP contribution in [0.3, 0.4) is 0 Å². The molecule has 24 heavy (non-hydrogen) atoms. The van der Waals surface area contributed by atoms with Crippen LogP contribution in [0, 0.1) is 0 Å². The van der Waals surface area contributed by atoms with Crippen molar-refractivity contribution >= 4 is 5.69 Å². The minimum absolute atomic E-state index is 0.245. The minimum atomic E-state index is 0.245. The smallest absolute Gasteiger partial charge is 0.121 e. The molecule has 4 nitrogen and oxygen atoms in total. The van der Waals surface area contributed by atoms with Crippen molar-refractivity contribution in [2.45, 2.75) is 32.9 Å². The van der Waals surface area contributed by atoms with Gasteiger partial charge in [-0.05, 0) is 43.2 Å². The average Bonchev–Trinajstić information content (AvgIpc) is 2.61. The molecule has 0 aliphatic carbocycles. The Bertz CT molecular complexity index is 598. The third kappa shape index (κ3) is 6.13. The summed E-state index contributed by atoms with van der Waals surface area (Å²) in [6, 6.07) is 16.2. The van der Waals surface area contributed by atoms with Crippen LogP contribution in [0.1, 0.15) is 25.8 Å². The Hall–Kier alpha value is -2.20. The normalized spacial score (nSPS) is 11.8. The summed E-state index contributed by atoms with van der Waals surface area (Å²) in [4.78, 5) is 0. The number of methoxy groups -OCH3 is 1. The molecule has 130 valence electrons. The molecular formula is C20H27NO3. The van der Waals surface area contributed by atoms with E-state index in [9.17, 15) is 0 Å². The van der Waals surface area contributed by atoms with Gasteiger partial charge in [0, 0.05) is 25.4 Å². The van der Waals surface area contributed by atoms with Gasteiger partial charge in [-0.1, -0.05) is 25.1 Å². The van der Waals surface area contributed by atoms with Gasteiger partial charge in [0.2, 0.25) is 0 Å². The van der Waals surface area contributed by atoms with Crippen LogP contribution in [0.25, 0.3) is 0 Å². The second-order valence-corrected chi connectivity index (χ2v) is 5.70. The van der Waals surface area contributed by atoms with Crippen LogP contribution in [0.2, 0.25) is 0 Å². The Morgan fingerprint density at radius 3 is 2.50 bits per heavy atom. The summed E-state index contributed by atoms with van der Waals surface area (Å²) in [6.45, 7) is 6.10. The summed E-state index contributed by atoms with van der Waals surface area (Å²) in [5, 5.41) is 3.41. The minimum Gasteiger partial charge on any atom is -0.491 e. The summed E-state index contributed by atoms with van der Waals surface area (Å²) < 4.78 is 16.4. The number of hydrogen-bond acceptors (Lipinski definition) is 4. The Morgan fingerprint density at radius 2 is 1.79 bits per heavy atom. The second-order valence-electron chi connectivity index (χ2n) is 5.70. The molecule has 1 unspecified atom stereocenters. The van der Waals surface area contributed by atoms with Gasteiger partial charge in [0.25, 0.3) is 0 Å². The Balaban J connectivity index is 1.85. The van der Waals surface area contributed by atoms with Crippen LogP contribution in [0.4, 0.5) is 5.69 Å². The number of hydrogen-bond donors (Lipinski definition) is 1. The first-order valence-corrected chi connectivity index (χ1v) is 8.42. The predicted molar refractivity (Wildman–Crippen MR) is 98.0 cm³/mol. The van der Waals surface area contributed by atoms with E-state index in [1.807, 2.05) is 36.4 Å². The Labute approximate surface area is 144 Å². The lowest BCUT2D eigenvalue weighted by atomic mass is 10.2. The van der Waals surface area contributed by atoms with E-state index in [1.54, 1.807) is 7.11 Å². The molecule has 0 spiro atoms. The van der Waals surface area contributed by atoms with Crippen molar-refractivity contribution in [2.75, 3.05) is 25.6 Å². The Kier molecular flexibility index (Phi) is 7.43. The van der Waals surface area contributed by atoms with E-state index >= 15 is 0 Å². The molecule has 0 saturated carbocycles. The highest BCUT2D eigenvalue weighted by Gasteiger charge is 2.02. The molecule has 0 aliphatic heterocycles. The lowest BCUT2D eigenvalue weighted by molar-refractivity contribution is 0.146. The highest BCUT2D eigenvalue weighted by Crippen LogP contribution is 2.19. The van der Waals surface area contributed by atoms with E-state index in [0.717, 1.165) is 30.2 Å². The molecule has 0 heterocycles. The molecule has 2 rings (SSSR count). The maximum absolute atomic E-state index is 5.80. The zero-order valence-electron chi connectivity index (χ0n) is 14.7. The maximum Gasteiger partial charge on any atom is 0.121 e. The van der Waals surface area contributed by atoms with Crippen molar-refractivity contribution in [1.82, 2.24) is 0 Å². The number of anilines is 1. The van der Waals surface area contributed by atoms with Gasteiger partial charge in [0.15, 0.2) is 0 Å². The average molecular weight is 329 g/mol. The highest BCUT2D eigenvalue weighted by atomic mass is 16.5. The van der Waals surface area contributed by atoms with E-state index in [-0.39, 0.29) is 6.10 Å². The number of rotatable bonds is 10. The van der Waals surface area contributed by atoms with Crippen LogP contribution in [0.15, 0.2) is 48.5 Å². The van der Waals surface area contributed by atoms with E-state index < -0.39 is 0 Å². The van der Waals surface area contributed by atoms with Crippen molar-refractivity contribution in [3.8, 4) is 11.5 Å². The fourth-order valence-electron chi connectivity index (χ4n) is 2.14. The summed E-state index contributed by atoms with van der Waals surface area (Å²) in [6.07, 6.45) is 1.25. The van der Waals surface area contributed by atoms with Gasteiger partial charge in [-0.15, -0.1) is 0 Å². The molecule has 2 aromatic rings. The molecule has 0 bridgehead atoms. The molecule has 0 aromatic heterocycles. The van der Waals surface area contributed by atoms with Crippen molar-refractivity contribution in [3.63, 3.8) is 0 Å².